The van der Waals surface area contributed by atoms with Crippen molar-refractivity contribution in [2.45, 2.75) is 20.4 Å². The fraction of sp³-hybridized carbons (Fsp3) is 0.333. The van der Waals surface area contributed by atoms with Gasteiger partial charge in [0.25, 0.3) is 5.91 Å². The van der Waals surface area contributed by atoms with E-state index in [1.54, 1.807) is 23.1 Å². The third kappa shape index (κ3) is 4.65. The van der Waals surface area contributed by atoms with Crippen LogP contribution in [0.2, 0.25) is 0 Å². The van der Waals surface area contributed by atoms with E-state index in [-0.39, 0.29) is 11.9 Å². The number of benzene rings is 2. The standard InChI is InChI=1S/C21H26N4O2/c1-3-24(4-2)15-16-7-5-9-18(13-16)23-20(26)17-8-6-10-19(14-17)25-12-11-22-21(25)27/h5-10,13-14H,3-4,11-12,15H2,1-2H3,(H,22,27)(H,23,26). The van der Waals surface area contributed by atoms with E-state index >= 15 is 0 Å². The zero-order valence-corrected chi connectivity index (χ0v) is 15.9. The molecule has 3 amide bonds. The zero-order chi connectivity index (χ0) is 19.2. The summed E-state index contributed by atoms with van der Waals surface area (Å²) in [7, 11) is 0. The molecular weight excluding hydrogens is 340 g/mol. The van der Waals surface area contributed by atoms with E-state index in [4.69, 9.17) is 0 Å². The molecular formula is C21H26N4O2. The number of nitrogens with zero attached hydrogens (tertiary/aromatic N) is 2. The highest BCUT2D eigenvalue weighted by Crippen LogP contribution is 2.20. The Balaban J connectivity index is 1.71. The first-order chi connectivity index (χ1) is 13.1. The molecule has 0 spiro atoms. The molecule has 2 aromatic rings. The van der Waals surface area contributed by atoms with Crippen LogP contribution in [0.25, 0.3) is 0 Å². The van der Waals surface area contributed by atoms with Crippen molar-refractivity contribution < 1.29 is 9.59 Å². The van der Waals surface area contributed by atoms with Gasteiger partial charge in [0.2, 0.25) is 0 Å². The van der Waals surface area contributed by atoms with Gasteiger partial charge in [0.1, 0.15) is 0 Å². The average Bonchev–Trinajstić information content (AvgIpc) is 3.12. The topological polar surface area (TPSA) is 64.7 Å². The first-order valence-corrected chi connectivity index (χ1v) is 9.38. The van der Waals surface area contributed by atoms with Crippen LogP contribution in [0.5, 0.6) is 0 Å². The molecule has 0 bridgehead atoms. The molecule has 3 rings (SSSR count). The Bertz CT molecular complexity index is 817. The van der Waals surface area contributed by atoms with Crippen molar-refractivity contribution in [3.05, 3.63) is 59.7 Å². The van der Waals surface area contributed by atoms with Crippen molar-refractivity contribution in [3.63, 3.8) is 0 Å². The molecule has 142 valence electrons. The summed E-state index contributed by atoms with van der Waals surface area (Å²) in [6.07, 6.45) is 0. The summed E-state index contributed by atoms with van der Waals surface area (Å²) in [4.78, 5) is 28.5. The Kier molecular flexibility index (Phi) is 6.08. The van der Waals surface area contributed by atoms with E-state index in [0.717, 1.165) is 31.0 Å². The second-order valence-electron chi connectivity index (χ2n) is 6.55. The number of hydrogen-bond acceptors (Lipinski definition) is 3. The SMILES string of the molecule is CCN(CC)Cc1cccc(NC(=O)c2cccc(N3CCNC3=O)c2)c1. The van der Waals surface area contributed by atoms with Gasteiger partial charge >= 0.3 is 6.03 Å². The molecule has 1 aliphatic heterocycles. The Morgan fingerprint density at radius 3 is 2.63 bits per heavy atom. The Morgan fingerprint density at radius 1 is 1.15 bits per heavy atom. The molecule has 2 N–H and O–H groups in total. The molecule has 2 aromatic carbocycles. The fourth-order valence-corrected chi connectivity index (χ4v) is 3.19. The predicted octanol–water partition coefficient (Wildman–Crippen LogP) is 3.31. The number of nitrogens with one attached hydrogen (secondary N) is 2. The summed E-state index contributed by atoms with van der Waals surface area (Å²) in [5.74, 6) is -0.184. The number of carbonyl (C=O) groups excluding carboxylic acids is 2. The van der Waals surface area contributed by atoms with Crippen LogP contribution in [0.15, 0.2) is 48.5 Å². The Morgan fingerprint density at radius 2 is 1.93 bits per heavy atom. The molecule has 0 radical (unpaired) electrons. The maximum atomic E-state index is 12.7. The lowest BCUT2D eigenvalue weighted by Crippen LogP contribution is -2.27. The molecule has 1 saturated heterocycles. The maximum Gasteiger partial charge on any atom is 0.321 e. The van der Waals surface area contributed by atoms with E-state index in [0.29, 0.717) is 18.7 Å². The lowest BCUT2D eigenvalue weighted by atomic mass is 10.1. The van der Waals surface area contributed by atoms with Crippen molar-refractivity contribution in [2.75, 3.05) is 36.4 Å². The smallest absolute Gasteiger partial charge is 0.321 e. The first-order valence-electron chi connectivity index (χ1n) is 9.38. The second kappa shape index (κ2) is 8.68. The summed E-state index contributed by atoms with van der Waals surface area (Å²) in [6.45, 7) is 8.35. The molecule has 6 heteroatoms. The summed E-state index contributed by atoms with van der Waals surface area (Å²) < 4.78 is 0. The van der Waals surface area contributed by atoms with Crippen LogP contribution >= 0.6 is 0 Å². The number of hydrogen-bond donors (Lipinski definition) is 2. The van der Waals surface area contributed by atoms with Gasteiger partial charge in [-0.1, -0.05) is 32.0 Å². The second-order valence-corrected chi connectivity index (χ2v) is 6.55. The molecule has 0 unspecified atom stereocenters. The first kappa shape index (κ1) is 18.9. The lowest BCUT2D eigenvalue weighted by molar-refractivity contribution is 0.102. The van der Waals surface area contributed by atoms with Crippen LogP contribution in [0.3, 0.4) is 0 Å². The van der Waals surface area contributed by atoms with Gasteiger partial charge < -0.3 is 10.6 Å². The number of rotatable bonds is 7. The van der Waals surface area contributed by atoms with Crippen molar-refractivity contribution in [1.29, 1.82) is 0 Å². The molecule has 0 aromatic heterocycles. The number of carbonyl (C=O) groups is 2. The highest BCUT2D eigenvalue weighted by atomic mass is 16.2. The highest BCUT2D eigenvalue weighted by Gasteiger charge is 2.21. The average molecular weight is 366 g/mol. The Hall–Kier alpha value is -2.86. The molecule has 0 atom stereocenters. The van der Waals surface area contributed by atoms with E-state index in [1.165, 1.54) is 5.56 Å². The van der Waals surface area contributed by atoms with Gasteiger partial charge in [-0.3, -0.25) is 14.6 Å². The van der Waals surface area contributed by atoms with Crippen molar-refractivity contribution in [1.82, 2.24) is 10.2 Å². The molecule has 0 saturated carbocycles. The van der Waals surface area contributed by atoms with Crippen molar-refractivity contribution >= 4 is 23.3 Å². The van der Waals surface area contributed by atoms with E-state index in [1.807, 2.05) is 24.3 Å². The molecule has 1 aliphatic rings. The fourth-order valence-electron chi connectivity index (χ4n) is 3.19. The molecule has 1 fully saturated rings. The number of anilines is 2. The van der Waals surface area contributed by atoms with E-state index in [9.17, 15) is 9.59 Å². The van der Waals surface area contributed by atoms with E-state index in [2.05, 4.69) is 35.4 Å². The highest BCUT2D eigenvalue weighted by molar-refractivity contribution is 6.05. The van der Waals surface area contributed by atoms with Crippen LogP contribution in [-0.4, -0.2) is 43.0 Å². The zero-order valence-electron chi connectivity index (χ0n) is 15.9. The molecule has 6 nitrogen and oxygen atoms in total. The number of urea groups is 1. The third-order valence-electron chi connectivity index (χ3n) is 4.76. The van der Waals surface area contributed by atoms with Gasteiger partial charge in [0.15, 0.2) is 0 Å². The Labute approximate surface area is 160 Å². The van der Waals surface area contributed by atoms with Gasteiger partial charge in [-0.05, 0) is 49.0 Å². The third-order valence-corrected chi connectivity index (χ3v) is 4.76. The van der Waals surface area contributed by atoms with Crippen molar-refractivity contribution in [3.8, 4) is 0 Å². The van der Waals surface area contributed by atoms with Crippen LogP contribution in [-0.2, 0) is 6.54 Å². The van der Waals surface area contributed by atoms with Gasteiger partial charge in [0, 0.05) is 36.6 Å². The summed E-state index contributed by atoms with van der Waals surface area (Å²) >= 11 is 0. The molecule has 1 heterocycles. The van der Waals surface area contributed by atoms with Crippen molar-refractivity contribution in [2.24, 2.45) is 0 Å². The summed E-state index contributed by atoms with van der Waals surface area (Å²) in [5, 5.41) is 5.73. The lowest BCUT2D eigenvalue weighted by Gasteiger charge is -2.18. The summed E-state index contributed by atoms with van der Waals surface area (Å²) in [6, 6.07) is 14.9. The quantitative estimate of drug-likeness (QED) is 0.790. The minimum Gasteiger partial charge on any atom is -0.336 e. The van der Waals surface area contributed by atoms with Crippen LogP contribution in [0.4, 0.5) is 16.2 Å². The largest absolute Gasteiger partial charge is 0.336 e. The maximum absolute atomic E-state index is 12.7. The van der Waals surface area contributed by atoms with Crippen LogP contribution in [0, 0.1) is 0 Å². The van der Waals surface area contributed by atoms with Crippen LogP contribution < -0.4 is 15.5 Å². The van der Waals surface area contributed by atoms with Gasteiger partial charge in [-0.15, -0.1) is 0 Å². The van der Waals surface area contributed by atoms with Gasteiger partial charge in [0.05, 0.1) is 0 Å². The monoisotopic (exact) mass is 366 g/mol. The van der Waals surface area contributed by atoms with Gasteiger partial charge in [-0.2, -0.15) is 0 Å². The normalized spacial score (nSPS) is 13.7. The predicted molar refractivity (Wildman–Crippen MR) is 108 cm³/mol. The number of amides is 3. The van der Waals surface area contributed by atoms with E-state index < -0.39 is 0 Å². The molecule has 27 heavy (non-hydrogen) atoms. The summed E-state index contributed by atoms with van der Waals surface area (Å²) in [5.41, 5.74) is 3.20. The van der Waals surface area contributed by atoms with Gasteiger partial charge in [-0.25, -0.2) is 4.79 Å². The molecule has 0 aliphatic carbocycles. The van der Waals surface area contributed by atoms with Crippen LogP contribution in [0.1, 0.15) is 29.8 Å². The minimum atomic E-state index is -0.184. The minimum absolute atomic E-state index is 0.128.